The predicted octanol–water partition coefficient (Wildman–Crippen LogP) is 3.73. The molecule has 0 radical (unpaired) electrons. The maximum absolute atomic E-state index is 12.1. The van der Waals surface area contributed by atoms with Crippen LogP contribution >= 0.6 is 0 Å². The summed E-state index contributed by atoms with van der Waals surface area (Å²) in [5.74, 6) is -0.465. The van der Waals surface area contributed by atoms with Gasteiger partial charge < -0.3 is 0 Å². The van der Waals surface area contributed by atoms with Crippen LogP contribution in [0.1, 0.15) is 20.7 Å². The van der Waals surface area contributed by atoms with E-state index >= 15 is 0 Å². The second-order valence-corrected chi connectivity index (χ2v) is 5.49. The zero-order valence-corrected chi connectivity index (χ0v) is 12.0. The molecule has 2 amide bonds. The number of nitrogens with zero attached hydrogens (tertiary/aromatic N) is 1. The lowest BCUT2D eigenvalue weighted by atomic mass is 9.98. The van der Waals surface area contributed by atoms with E-state index in [1.54, 1.807) is 6.07 Å². The minimum atomic E-state index is -0.234. The molecule has 1 heterocycles. The molecule has 22 heavy (non-hydrogen) atoms. The molecule has 0 N–H and O–H groups in total. The minimum absolute atomic E-state index is 0.231. The number of amides is 2. The van der Waals surface area contributed by atoms with E-state index in [1.807, 2.05) is 30.3 Å². The molecule has 0 fully saturated rings. The number of carbonyl (C=O) groups excluding carboxylic acids is 2. The fourth-order valence-corrected chi connectivity index (χ4v) is 2.91. The summed E-state index contributed by atoms with van der Waals surface area (Å²) in [6.07, 6.45) is 0. The van der Waals surface area contributed by atoms with Gasteiger partial charge in [-0.3, -0.25) is 14.5 Å². The maximum atomic E-state index is 12.1. The van der Waals surface area contributed by atoms with Crippen molar-refractivity contribution in [1.82, 2.24) is 4.90 Å². The zero-order valence-electron chi connectivity index (χ0n) is 12.0. The highest BCUT2D eigenvalue weighted by Crippen LogP contribution is 2.29. The largest absolute Gasteiger partial charge is 0.277 e. The number of rotatable bonds is 1. The molecular formula is C19H13NO2. The molecule has 0 atom stereocenters. The number of fused-ring (bicyclic) bond motifs is 2. The van der Waals surface area contributed by atoms with Crippen LogP contribution in [0.4, 0.5) is 0 Å². The van der Waals surface area contributed by atoms with Crippen LogP contribution in [0, 0.1) is 0 Å². The van der Waals surface area contributed by atoms with Gasteiger partial charge in [-0.2, -0.15) is 0 Å². The van der Waals surface area contributed by atoms with Crippen molar-refractivity contribution in [3.63, 3.8) is 0 Å². The topological polar surface area (TPSA) is 37.4 Å². The Morgan fingerprint density at radius 1 is 0.682 bits per heavy atom. The Morgan fingerprint density at radius 2 is 1.32 bits per heavy atom. The van der Waals surface area contributed by atoms with Crippen LogP contribution in [-0.2, 0) is 0 Å². The first-order valence-electron chi connectivity index (χ1n) is 7.11. The van der Waals surface area contributed by atoms with E-state index in [2.05, 4.69) is 24.3 Å². The third-order valence-corrected chi connectivity index (χ3v) is 4.17. The van der Waals surface area contributed by atoms with Gasteiger partial charge in [0.25, 0.3) is 11.8 Å². The molecule has 106 valence electrons. The van der Waals surface area contributed by atoms with Gasteiger partial charge in [0.2, 0.25) is 0 Å². The Balaban J connectivity index is 1.86. The molecule has 0 saturated heterocycles. The third kappa shape index (κ3) is 1.76. The molecule has 3 heteroatoms. The van der Waals surface area contributed by atoms with Crippen molar-refractivity contribution >= 4 is 22.6 Å². The summed E-state index contributed by atoms with van der Waals surface area (Å²) < 4.78 is 0. The summed E-state index contributed by atoms with van der Waals surface area (Å²) in [5, 5.41) is 2.33. The van der Waals surface area contributed by atoms with E-state index in [4.69, 9.17) is 0 Å². The molecule has 1 aliphatic heterocycles. The third-order valence-electron chi connectivity index (χ3n) is 4.17. The van der Waals surface area contributed by atoms with Crippen LogP contribution in [0.5, 0.6) is 0 Å². The van der Waals surface area contributed by atoms with Gasteiger partial charge in [0.05, 0.1) is 11.1 Å². The molecule has 3 aromatic rings. The highest BCUT2D eigenvalue weighted by atomic mass is 16.2. The van der Waals surface area contributed by atoms with Gasteiger partial charge in [-0.1, -0.05) is 42.5 Å². The van der Waals surface area contributed by atoms with Crippen molar-refractivity contribution in [2.75, 3.05) is 7.05 Å². The lowest BCUT2D eigenvalue weighted by Crippen LogP contribution is -2.24. The molecular weight excluding hydrogens is 274 g/mol. The highest BCUT2D eigenvalue weighted by molar-refractivity contribution is 6.21. The van der Waals surface area contributed by atoms with E-state index < -0.39 is 0 Å². The molecule has 3 nitrogen and oxygen atoms in total. The average Bonchev–Trinajstić information content (AvgIpc) is 2.78. The SMILES string of the molecule is CN1C(=O)c2ccc(-c3ccc4ccccc4c3)cc2C1=O. The van der Waals surface area contributed by atoms with Crippen LogP contribution in [0.3, 0.4) is 0 Å². The quantitative estimate of drug-likeness (QED) is 0.639. The van der Waals surface area contributed by atoms with Crippen molar-refractivity contribution in [1.29, 1.82) is 0 Å². The maximum Gasteiger partial charge on any atom is 0.261 e. The molecule has 4 rings (SSSR count). The van der Waals surface area contributed by atoms with Gasteiger partial charge in [-0.15, -0.1) is 0 Å². The summed E-state index contributed by atoms with van der Waals surface area (Å²) in [6, 6.07) is 19.8. The fraction of sp³-hybridized carbons (Fsp3) is 0.0526. The summed E-state index contributed by atoms with van der Waals surface area (Å²) in [6.45, 7) is 0. The van der Waals surface area contributed by atoms with Gasteiger partial charge in [0.1, 0.15) is 0 Å². The Kier molecular flexibility index (Phi) is 2.63. The van der Waals surface area contributed by atoms with Gasteiger partial charge in [-0.05, 0) is 40.1 Å². The Hall–Kier alpha value is -2.94. The Labute approximate surface area is 127 Å². The first-order chi connectivity index (χ1) is 10.6. The monoisotopic (exact) mass is 287 g/mol. The van der Waals surface area contributed by atoms with Crippen LogP contribution < -0.4 is 0 Å². The van der Waals surface area contributed by atoms with E-state index in [0.29, 0.717) is 11.1 Å². The second-order valence-electron chi connectivity index (χ2n) is 5.49. The molecule has 3 aromatic carbocycles. The molecule has 0 unspecified atom stereocenters. The van der Waals surface area contributed by atoms with E-state index in [-0.39, 0.29) is 11.8 Å². The summed E-state index contributed by atoms with van der Waals surface area (Å²) in [5.41, 5.74) is 2.95. The van der Waals surface area contributed by atoms with Crippen molar-refractivity contribution in [3.8, 4) is 11.1 Å². The van der Waals surface area contributed by atoms with Crippen molar-refractivity contribution in [3.05, 3.63) is 71.8 Å². The number of imide groups is 1. The van der Waals surface area contributed by atoms with Gasteiger partial charge in [0, 0.05) is 7.05 Å². The number of hydrogen-bond donors (Lipinski definition) is 0. The number of hydrogen-bond acceptors (Lipinski definition) is 2. The van der Waals surface area contributed by atoms with Gasteiger partial charge in [0.15, 0.2) is 0 Å². The highest BCUT2D eigenvalue weighted by Gasteiger charge is 2.32. The zero-order chi connectivity index (χ0) is 15.3. The Bertz CT molecular complexity index is 943. The average molecular weight is 287 g/mol. The van der Waals surface area contributed by atoms with Crippen LogP contribution in [0.2, 0.25) is 0 Å². The predicted molar refractivity (Wildman–Crippen MR) is 85.8 cm³/mol. The van der Waals surface area contributed by atoms with Crippen molar-refractivity contribution in [2.45, 2.75) is 0 Å². The summed E-state index contributed by atoms with van der Waals surface area (Å²) >= 11 is 0. The van der Waals surface area contributed by atoms with Crippen LogP contribution in [0.15, 0.2) is 60.7 Å². The molecule has 0 saturated carbocycles. The molecule has 0 aliphatic carbocycles. The van der Waals surface area contributed by atoms with Crippen LogP contribution in [-0.4, -0.2) is 23.8 Å². The second kappa shape index (κ2) is 4.53. The number of carbonyl (C=O) groups is 2. The van der Waals surface area contributed by atoms with Crippen LogP contribution in [0.25, 0.3) is 21.9 Å². The van der Waals surface area contributed by atoms with Gasteiger partial charge >= 0.3 is 0 Å². The minimum Gasteiger partial charge on any atom is -0.277 e. The van der Waals surface area contributed by atoms with E-state index in [9.17, 15) is 9.59 Å². The molecule has 0 spiro atoms. The van der Waals surface area contributed by atoms with E-state index in [1.165, 1.54) is 12.4 Å². The lowest BCUT2D eigenvalue weighted by molar-refractivity contribution is 0.0693. The molecule has 0 aromatic heterocycles. The smallest absolute Gasteiger partial charge is 0.261 e. The summed E-state index contributed by atoms with van der Waals surface area (Å²) in [4.78, 5) is 25.2. The summed E-state index contributed by atoms with van der Waals surface area (Å²) in [7, 11) is 1.51. The lowest BCUT2D eigenvalue weighted by Gasteiger charge is -2.05. The molecule has 1 aliphatic rings. The van der Waals surface area contributed by atoms with Crippen molar-refractivity contribution in [2.24, 2.45) is 0 Å². The van der Waals surface area contributed by atoms with E-state index in [0.717, 1.165) is 21.4 Å². The first kappa shape index (κ1) is 12.8. The number of benzene rings is 3. The normalized spacial score (nSPS) is 13.8. The molecule has 0 bridgehead atoms. The fourth-order valence-electron chi connectivity index (χ4n) is 2.91. The van der Waals surface area contributed by atoms with Gasteiger partial charge in [-0.25, -0.2) is 0 Å². The first-order valence-corrected chi connectivity index (χ1v) is 7.11. The van der Waals surface area contributed by atoms with Crippen molar-refractivity contribution < 1.29 is 9.59 Å². The standard InChI is InChI=1S/C19H13NO2/c1-20-18(21)16-9-8-15(11-17(16)19(20)22)14-7-6-12-4-2-3-5-13(12)10-14/h2-11H,1H3. The Morgan fingerprint density at radius 3 is 2.14 bits per heavy atom.